The Kier molecular flexibility index (Phi) is 7.11. The topological polar surface area (TPSA) is 69.3 Å². The van der Waals surface area contributed by atoms with Crippen LogP contribution in [0.3, 0.4) is 0 Å². The van der Waals surface area contributed by atoms with E-state index in [0.29, 0.717) is 24.6 Å². The van der Waals surface area contributed by atoms with Gasteiger partial charge in [-0.3, -0.25) is 9.59 Å². The van der Waals surface area contributed by atoms with Crippen molar-refractivity contribution in [3.05, 3.63) is 59.4 Å². The van der Waals surface area contributed by atoms with E-state index in [1.165, 1.54) is 0 Å². The van der Waals surface area contributed by atoms with Gasteiger partial charge in [0.25, 0.3) is 5.91 Å². The number of benzene rings is 2. The molecule has 0 aliphatic carbocycles. The molecule has 0 spiro atoms. The minimum atomic E-state index is 0.0128. The third kappa shape index (κ3) is 5.27. The molecule has 2 aromatic carbocycles. The Morgan fingerprint density at radius 3 is 2.45 bits per heavy atom. The van der Waals surface area contributed by atoms with E-state index in [2.05, 4.69) is 23.8 Å². The van der Waals surface area contributed by atoms with Crippen molar-refractivity contribution in [2.24, 2.45) is 0 Å². The molecule has 174 valence electrons. The number of anilines is 1. The van der Waals surface area contributed by atoms with E-state index in [4.69, 9.17) is 0 Å². The number of carbonyl (C=O) groups excluding carboxylic acids is 2. The number of nitrogens with zero attached hydrogens (tertiary/aromatic N) is 3. The first-order valence-electron chi connectivity index (χ1n) is 12.1. The largest absolute Gasteiger partial charge is 0.342 e. The number of H-pyrrole nitrogens is 1. The molecule has 0 saturated heterocycles. The highest BCUT2D eigenvalue weighted by atomic mass is 16.2. The molecule has 33 heavy (non-hydrogen) atoms. The zero-order valence-corrected chi connectivity index (χ0v) is 19.9. The molecule has 0 radical (unpaired) electrons. The number of fused-ring (bicyclic) bond motifs is 2. The second kappa shape index (κ2) is 10.2. The zero-order valence-electron chi connectivity index (χ0n) is 19.9. The van der Waals surface area contributed by atoms with Gasteiger partial charge in [0.1, 0.15) is 5.82 Å². The van der Waals surface area contributed by atoms with Gasteiger partial charge in [-0.05, 0) is 42.7 Å². The number of carbonyl (C=O) groups is 2. The molecule has 1 aliphatic heterocycles. The SMILES string of the molecule is CC(=O)N1CCCCCCCN(C(=O)c2ccc3nc(C(C)C)[nH]c3c2)Cc2ccccc21. The molecule has 0 bridgehead atoms. The number of amides is 2. The summed E-state index contributed by atoms with van der Waals surface area (Å²) in [5, 5.41) is 0. The van der Waals surface area contributed by atoms with Gasteiger partial charge >= 0.3 is 0 Å². The molecule has 0 fully saturated rings. The molecule has 0 saturated carbocycles. The maximum Gasteiger partial charge on any atom is 0.254 e. The monoisotopic (exact) mass is 446 g/mol. The summed E-state index contributed by atoms with van der Waals surface area (Å²) in [6, 6.07) is 13.7. The van der Waals surface area contributed by atoms with Gasteiger partial charge in [0.15, 0.2) is 0 Å². The van der Waals surface area contributed by atoms with Crippen LogP contribution in [0.2, 0.25) is 0 Å². The van der Waals surface area contributed by atoms with E-state index in [-0.39, 0.29) is 11.8 Å². The third-order valence-corrected chi connectivity index (χ3v) is 6.41. The number of hydrogen-bond donors (Lipinski definition) is 1. The van der Waals surface area contributed by atoms with Crippen molar-refractivity contribution in [3.8, 4) is 0 Å². The quantitative estimate of drug-likeness (QED) is 0.553. The lowest BCUT2D eigenvalue weighted by Gasteiger charge is -2.29. The minimum Gasteiger partial charge on any atom is -0.342 e. The molecule has 1 N–H and O–H groups in total. The highest BCUT2D eigenvalue weighted by molar-refractivity contribution is 5.97. The highest BCUT2D eigenvalue weighted by Gasteiger charge is 2.22. The predicted octanol–water partition coefficient (Wildman–Crippen LogP) is 5.65. The van der Waals surface area contributed by atoms with Crippen LogP contribution in [0.15, 0.2) is 42.5 Å². The van der Waals surface area contributed by atoms with Gasteiger partial charge in [0.05, 0.1) is 11.0 Å². The summed E-state index contributed by atoms with van der Waals surface area (Å²) in [5.74, 6) is 1.29. The second-order valence-corrected chi connectivity index (χ2v) is 9.30. The summed E-state index contributed by atoms with van der Waals surface area (Å²) < 4.78 is 0. The molecule has 0 atom stereocenters. The van der Waals surface area contributed by atoms with E-state index in [0.717, 1.165) is 66.8 Å². The van der Waals surface area contributed by atoms with Crippen LogP contribution in [-0.4, -0.2) is 39.8 Å². The Labute approximate surface area is 196 Å². The third-order valence-electron chi connectivity index (χ3n) is 6.41. The highest BCUT2D eigenvalue weighted by Crippen LogP contribution is 2.26. The number of para-hydroxylation sites is 1. The Hall–Kier alpha value is -3.15. The Bertz CT molecular complexity index is 1130. The van der Waals surface area contributed by atoms with Gasteiger partial charge in [-0.15, -0.1) is 0 Å². The lowest BCUT2D eigenvalue weighted by Crippen LogP contribution is -2.34. The Morgan fingerprint density at radius 1 is 0.970 bits per heavy atom. The summed E-state index contributed by atoms with van der Waals surface area (Å²) >= 11 is 0. The number of hydrogen-bond acceptors (Lipinski definition) is 3. The van der Waals surface area contributed by atoms with Crippen molar-refractivity contribution < 1.29 is 9.59 Å². The van der Waals surface area contributed by atoms with Crippen molar-refractivity contribution in [1.82, 2.24) is 14.9 Å². The van der Waals surface area contributed by atoms with Crippen molar-refractivity contribution in [2.75, 3.05) is 18.0 Å². The van der Waals surface area contributed by atoms with Gasteiger partial charge in [0, 0.05) is 43.7 Å². The van der Waals surface area contributed by atoms with E-state index < -0.39 is 0 Å². The normalized spacial score (nSPS) is 15.8. The average molecular weight is 447 g/mol. The van der Waals surface area contributed by atoms with Crippen LogP contribution in [0.4, 0.5) is 5.69 Å². The summed E-state index contributed by atoms with van der Waals surface area (Å²) in [6.45, 7) is 7.72. The fourth-order valence-corrected chi connectivity index (χ4v) is 4.53. The molecule has 0 unspecified atom stereocenters. The van der Waals surface area contributed by atoms with Crippen LogP contribution < -0.4 is 4.90 Å². The number of rotatable bonds is 2. The van der Waals surface area contributed by atoms with E-state index >= 15 is 0 Å². The van der Waals surface area contributed by atoms with Crippen LogP contribution in [0.1, 0.15) is 80.5 Å². The van der Waals surface area contributed by atoms with Crippen molar-refractivity contribution >= 4 is 28.5 Å². The first-order chi connectivity index (χ1) is 15.9. The van der Waals surface area contributed by atoms with Crippen LogP contribution >= 0.6 is 0 Å². The number of imidazole rings is 1. The van der Waals surface area contributed by atoms with Crippen molar-refractivity contribution in [1.29, 1.82) is 0 Å². The molecule has 1 aromatic heterocycles. The Morgan fingerprint density at radius 2 is 1.70 bits per heavy atom. The number of aromatic nitrogens is 2. The second-order valence-electron chi connectivity index (χ2n) is 9.30. The molecule has 1 aliphatic rings. The standard InChI is InChI=1S/C27H34N4O2/c1-19(2)26-28-23-14-13-21(17-24(23)29-26)27(33)30-15-9-5-4-6-10-16-31(20(3)32)25-12-8-7-11-22(25)18-30/h7-8,11-14,17,19H,4-6,9-10,15-16,18H2,1-3H3,(H,28,29). The smallest absolute Gasteiger partial charge is 0.254 e. The summed E-state index contributed by atoms with van der Waals surface area (Å²) in [5.41, 5.74) is 4.35. The van der Waals surface area contributed by atoms with Crippen LogP contribution in [0.5, 0.6) is 0 Å². The molecule has 6 heteroatoms. The molecule has 4 rings (SSSR count). The van der Waals surface area contributed by atoms with Gasteiger partial charge in [-0.2, -0.15) is 0 Å². The number of nitrogens with one attached hydrogen (secondary N) is 1. The lowest BCUT2D eigenvalue weighted by atomic mass is 10.1. The van der Waals surface area contributed by atoms with E-state index in [9.17, 15) is 9.59 Å². The molecule has 6 nitrogen and oxygen atoms in total. The molecule has 3 aromatic rings. The molecular weight excluding hydrogens is 412 g/mol. The molecule has 2 heterocycles. The van der Waals surface area contributed by atoms with Gasteiger partial charge in [0.2, 0.25) is 5.91 Å². The minimum absolute atomic E-state index is 0.0128. The first kappa shape index (κ1) is 23.0. The van der Waals surface area contributed by atoms with Crippen LogP contribution in [0, 0.1) is 0 Å². The molecular formula is C27H34N4O2. The Balaban J connectivity index is 1.66. The van der Waals surface area contributed by atoms with Crippen LogP contribution in [0.25, 0.3) is 11.0 Å². The van der Waals surface area contributed by atoms with Crippen molar-refractivity contribution in [2.45, 2.75) is 65.3 Å². The summed E-state index contributed by atoms with van der Waals surface area (Å²) in [7, 11) is 0. The zero-order chi connectivity index (χ0) is 23.4. The first-order valence-corrected chi connectivity index (χ1v) is 12.1. The maximum absolute atomic E-state index is 13.6. The molecule has 2 amide bonds. The maximum atomic E-state index is 13.6. The van der Waals surface area contributed by atoms with Gasteiger partial charge < -0.3 is 14.8 Å². The average Bonchev–Trinajstić information content (AvgIpc) is 3.23. The lowest BCUT2D eigenvalue weighted by molar-refractivity contribution is -0.116. The van der Waals surface area contributed by atoms with E-state index in [1.807, 2.05) is 52.3 Å². The summed E-state index contributed by atoms with van der Waals surface area (Å²) in [4.78, 5) is 37.8. The fourth-order valence-electron chi connectivity index (χ4n) is 4.53. The fraction of sp³-hybridized carbons (Fsp3) is 0.444. The van der Waals surface area contributed by atoms with Gasteiger partial charge in [-0.1, -0.05) is 51.3 Å². The van der Waals surface area contributed by atoms with Gasteiger partial charge in [-0.25, -0.2) is 4.98 Å². The van der Waals surface area contributed by atoms with Crippen LogP contribution in [-0.2, 0) is 11.3 Å². The predicted molar refractivity (Wildman–Crippen MR) is 132 cm³/mol. The van der Waals surface area contributed by atoms with E-state index in [1.54, 1.807) is 6.92 Å². The summed E-state index contributed by atoms with van der Waals surface area (Å²) in [6.07, 6.45) is 5.28. The number of aromatic amines is 1. The van der Waals surface area contributed by atoms with Crippen molar-refractivity contribution in [3.63, 3.8) is 0 Å².